The van der Waals surface area contributed by atoms with Crippen molar-refractivity contribution in [2.45, 2.75) is 37.5 Å². The molecular weight excluding hydrogens is 1150 g/mol. The molecule has 0 aliphatic carbocycles. The van der Waals surface area contributed by atoms with E-state index in [-0.39, 0.29) is 25.3 Å². The van der Waals surface area contributed by atoms with Crippen LogP contribution in [0.4, 0.5) is 11.6 Å². The van der Waals surface area contributed by atoms with Crippen molar-refractivity contribution in [2.24, 2.45) is 42.3 Å². The van der Waals surface area contributed by atoms with Crippen LogP contribution in [0.1, 0.15) is 19.3 Å². The van der Waals surface area contributed by atoms with Gasteiger partial charge in [0.05, 0.1) is 84.3 Å². The Morgan fingerprint density at radius 3 is 1.44 bits per heavy atom. The first-order valence-corrected chi connectivity index (χ1v) is 29.8. The molecule has 2 unspecified atom stereocenters. The molecule has 2 aliphatic rings. The number of ether oxygens (including phenoxy) is 3. The van der Waals surface area contributed by atoms with Crippen molar-refractivity contribution in [1.29, 1.82) is 0 Å². The number of benzene rings is 3. The number of nitrogens with one attached hydrogen (secondary N) is 2. The van der Waals surface area contributed by atoms with Crippen LogP contribution in [0.25, 0.3) is 101 Å². The summed E-state index contributed by atoms with van der Waals surface area (Å²) in [5.41, 5.74) is 13.9. The Morgan fingerprint density at radius 1 is 0.527 bits per heavy atom. The fourth-order valence-corrected chi connectivity index (χ4v) is 10.4. The molecule has 25 nitrogen and oxygen atoms in total. The molecule has 14 rings (SSSR count). The summed E-state index contributed by atoms with van der Waals surface area (Å²) in [6, 6.07) is 28.3. The van der Waals surface area contributed by atoms with E-state index in [1.165, 1.54) is 0 Å². The molecule has 0 saturated carbocycles. The largest absolute Gasteiger partial charge is 0.474 e. The quantitative estimate of drug-likeness (QED) is 0.0628. The molecule has 4 N–H and O–H groups in total. The van der Waals surface area contributed by atoms with E-state index in [1.54, 1.807) is 46.7 Å². The summed E-state index contributed by atoms with van der Waals surface area (Å²) in [6.07, 6.45) is 26.6. The molecular formula is C66H70N20O5. The van der Waals surface area contributed by atoms with Gasteiger partial charge in [-0.3, -0.25) is 28.1 Å². The second kappa shape index (κ2) is 27.8. The van der Waals surface area contributed by atoms with Crippen molar-refractivity contribution in [1.82, 2.24) is 88.6 Å². The van der Waals surface area contributed by atoms with Crippen molar-refractivity contribution in [3.8, 4) is 107 Å². The second-order valence-electron chi connectivity index (χ2n) is 22.3. The Morgan fingerprint density at radius 2 is 1.00 bits per heavy atom. The van der Waals surface area contributed by atoms with E-state index in [0.29, 0.717) is 53.6 Å². The van der Waals surface area contributed by atoms with Crippen LogP contribution in [0.3, 0.4) is 0 Å². The number of aliphatic hydroxyl groups excluding tert-OH is 2. The standard InChI is InChI=1S/C23H24N6O2.C22H23N7O.C21H23N7O2/c1-28-13-18(10-25-28)16-5-3-6-17(9-16)22-24-12-21(19-11-26-29(2)14-19)23(27-22)31-15-20-7-4-8-30-20;1-28-8-6-20(27-28)19-12-23-21(26-22(19)25-18-7-9-30-14-18)16-5-3-4-15(10-16)17-11-24-29(2)13-17;1-27-7-6-19(26-27)18-11-23-20(25-21(18)22-10-17(30)13-29)15-5-3-4-14(8-15)16-9-24-28(2)12-16/h3,5-6,9-14,20H,4,7-8,15H2,1-2H3;3-6,8,10-13,18H,7,9,14H2,1-2H3,(H,23,25,26);3-9,11-12,17,29-30H,10,13H2,1-2H3,(H,22,23,25)/t;;17-/m..0/s1. The first-order valence-electron chi connectivity index (χ1n) is 29.8. The zero-order valence-corrected chi connectivity index (χ0v) is 51.4. The molecule has 0 amide bonds. The fourth-order valence-electron chi connectivity index (χ4n) is 10.4. The molecule has 2 fully saturated rings. The number of aliphatic hydroxyl groups is 2. The van der Waals surface area contributed by atoms with Gasteiger partial charge >= 0.3 is 0 Å². The van der Waals surface area contributed by atoms with Crippen LogP contribution in [0.5, 0.6) is 5.88 Å². The molecule has 25 heteroatoms. The number of nitrogens with zero attached hydrogens (tertiary/aromatic N) is 18. The van der Waals surface area contributed by atoms with E-state index in [4.69, 9.17) is 29.3 Å². The normalized spacial score (nSPS) is 14.8. The van der Waals surface area contributed by atoms with E-state index >= 15 is 0 Å². The Labute approximate surface area is 525 Å². The zero-order chi connectivity index (χ0) is 62.8. The first kappa shape index (κ1) is 60.7. The van der Waals surface area contributed by atoms with Gasteiger partial charge in [-0.2, -0.15) is 35.6 Å². The van der Waals surface area contributed by atoms with Gasteiger partial charge in [-0.1, -0.05) is 54.6 Å². The van der Waals surface area contributed by atoms with Crippen molar-refractivity contribution in [3.05, 3.63) is 165 Å². The predicted octanol–water partition coefficient (Wildman–Crippen LogP) is 8.36. The number of aromatic nitrogens is 18. The van der Waals surface area contributed by atoms with Gasteiger partial charge < -0.3 is 35.1 Å². The van der Waals surface area contributed by atoms with Gasteiger partial charge in [0, 0.05) is 157 Å². The van der Waals surface area contributed by atoms with Crippen LogP contribution >= 0.6 is 0 Å². The Bertz CT molecular complexity index is 4400. The van der Waals surface area contributed by atoms with Gasteiger partial charge in [0.25, 0.3) is 0 Å². The monoisotopic (exact) mass is 1220 g/mol. The Kier molecular flexibility index (Phi) is 18.6. The second-order valence-corrected chi connectivity index (χ2v) is 22.3. The summed E-state index contributed by atoms with van der Waals surface area (Å²) in [5.74, 6) is 3.68. The summed E-state index contributed by atoms with van der Waals surface area (Å²) >= 11 is 0. The third-order valence-corrected chi connectivity index (χ3v) is 15.2. The van der Waals surface area contributed by atoms with E-state index in [1.807, 2.05) is 165 Å². The zero-order valence-electron chi connectivity index (χ0n) is 51.4. The molecule has 12 aromatic rings. The molecule has 464 valence electrons. The summed E-state index contributed by atoms with van der Waals surface area (Å²) in [4.78, 5) is 28.2. The smallest absolute Gasteiger partial charge is 0.225 e. The highest BCUT2D eigenvalue weighted by molar-refractivity contribution is 5.78. The molecule has 0 bridgehead atoms. The summed E-state index contributed by atoms with van der Waals surface area (Å²) in [6.45, 7) is 2.53. The average molecular weight is 1220 g/mol. The van der Waals surface area contributed by atoms with E-state index in [0.717, 1.165) is 111 Å². The third-order valence-electron chi connectivity index (χ3n) is 15.2. The van der Waals surface area contributed by atoms with Gasteiger partial charge in [0.2, 0.25) is 5.88 Å². The maximum absolute atomic E-state index is 9.75. The van der Waals surface area contributed by atoms with Crippen LogP contribution in [0.2, 0.25) is 0 Å². The molecule has 2 saturated heterocycles. The summed E-state index contributed by atoms with van der Waals surface area (Å²) in [5, 5.41) is 51.5. The number of hydrogen-bond acceptors (Lipinski definition) is 19. The third kappa shape index (κ3) is 14.9. The number of anilines is 2. The predicted molar refractivity (Wildman–Crippen MR) is 345 cm³/mol. The van der Waals surface area contributed by atoms with Crippen molar-refractivity contribution in [2.75, 3.05) is 50.2 Å². The fraction of sp³-hybridized carbons (Fsp3) is 0.273. The van der Waals surface area contributed by atoms with Crippen molar-refractivity contribution >= 4 is 11.6 Å². The van der Waals surface area contributed by atoms with Gasteiger partial charge in [0.1, 0.15) is 18.2 Å². The summed E-state index contributed by atoms with van der Waals surface area (Å²) in [7, 11) is 11.3. The number of hydrogen-bond donors (Lipinski definition) is 4. The highest BCUT2D eigenvalue weighted by Gasteiger charge is 2.23. The Balaban J connectivity index is 0.000000132. The Hall–Kier alpha value is -10.6. The molecule has 2 aliphatic heterocycles. The van der Waals surface area contributed by atoms with Crippen LogP contribution < -0.4 is 15.4 Å². The van der Waals surface area contributed by atoms with Crippen molar-refractivity contribution in [3.63, 3.8) is 0 Å². The van der Waals surface area contributed by atoms with Crippen LogP contribution in [-0.4, -0.2) is 157 Å². The minimum absolute atomic E-state index is 0.106. The van der Waals surface area contributed by atoms with Crippen LogP contribution in [0.15, 0.2) is 165 Å². The number of aryl methyl sites for hydroxylation is 6. The molecule has 0 radical (unpaired) electrons. The van der Waals surface area contributed by atoms with Gasteiger partial charge in [-0.05, 0) is 66.3 Å². The van der Waals surface area contributed by atoms with Gasteiger partial charge in [0.15, 0.2) is 17.5 Å². The molecule has 91 heavy (non-hydrogen) atoms. The van der Waals surface area contributed by atoms with E-state index in [2.05, 4.69) is 85.4 Å². The summed E-state index contributed by atoms with van der Waals surface area (Å²) < 4.78 is 28.0. The SMILES string of the molecule is Cn1cc(-c2cccc(-c3ncc(-c4ccn(C)n4)c(NC4CCOC4)n3)c2)cn1.Cn1cc(-c2cccc(-c3ncc(-c4ccn(C)n4)c(NC[C@H](O)CO)n3)c2)cn1.Cn1cc(-c2cccc(-c3ncc(-c4cnn(C)c4)c(OCC4CCCO4)n3)c2)cn1. The van der Waals surface area contributed by atoms with E-state index in [9.17, 15) is 5.11 Å². The average Bonchev–Trinajstić information content (AvgIpc) is 2.00. The molecule has 3 atom stereocenters. The lowest BCUT2D eigenvalue weighted by molar-refractivity contribution is 0.0665. The highest BCUT2D eigenvalue weighted by atomic mass is 16.5. The van der Waals surface area contributed by atoms with E-state index < -0.39 is 6.10 Å². The molecule has 3 aromatic carbocycles. The minimum Gasteiger partial charge on any atom is -0.474 e. The maximum atomic E-state index is 9.75. The highest BCUT2D eigenvalue weighted by Crippen LogP contribution is 2.34. The minimum atomic E-state index is -0.895. The topological polar surface area (TPSA) is 276 Å². The lowest BCUT2D eigenvalue weighted by atomic mass is 10.1. The van der Waals surface area contributed by atoms with Crippen molar-refractivity contribution < 1.29 is 24.4 Å². The van der Waals surface area contributed by atoms with Crippen LogP contribution in [-0.2, 0) is 51.8 Å². The van der Waals surface area contributed by atoms with Gasteiger partial charge in [-0.25, -0.2) is 24.9 Å². The molecule has 9 aromatic heterocycles. The molecule has 0 spiro atoms. The number of rotatable bonds is 18. The lowest BCUT2D eigenvalue weighted by Gasteiger charge is -2.15. The molecule has 11 heterocycles. The van der Waals surface area contributed by atoms with Crippen LogP contribution in [0, 0.1) is 0 Å². The maximum Gasteiger partial charge on any atom is 0.225 e. The van der Waals surface area contributed by atoms with Gasteiger partial charge in [-0.15, -0.1) is 0 Å². The lowest BCUT2D eigenvalue weighted by Crippen LogP contribution is -2.23. The first-order chi connectivity index (χ1) is 44.3.